The van der Waals surface area contributed by atoms with E-state index in [0.29, 0.717) is 0 Å². The van der Waals surface area contributed by atoms with Crippen molar-refractivity contribution in [2.24, 2.45) is 0 Å². The summed E-state index contributed by atoms with van der Waals surface area (Å²) in [6.45, 7) is 17.3. The van der Waals surface area contributed by atoms with Crippen LogP contribution >= 0.6 is 0 Å². The molecule has 0 aromatic heterocycles. The van der Waals surface area contributed by atoms with Crippen molar-refractivity contribution < 1.29 is 4.43 Å². The zero-order chi connectivity index (χ0) is 19.6. The van der Waals surface area contributed by atoms with Crippen LogP contribution in [0.2, 0.25) is 45.8 Å². The maximum Gasteiger partial charge on any atom is 0.206 e. The normalized spacial score (nSPS) is 16.0. The molecule has 0 aliphatic carbocycles. The minimum atomic E-state index is -2.10. The second kappa shape index (κ2) is 7.80. The van der Waals surface area contributed by atoms with Gasteiger partial charge in [-0.2, -0.15) is 0 Å². The lowest BCUT2D eigenvalue weighted by atomic mass is 10.1. The van der Waals surface area contributed by atoms with Gasteiger partial charge in [0.2, 0.25) is 7.83 Å². The van der Waals surface area contributed by atoms with E-state index in [1.54, 1.807) is 5.20 Å². The van der Waals surface area contributed by atoms with E-state index in [0.717, 1.165) is 0 Å². The third-order valence-corrected chi connectivity index (χ3v) is 22.9. The SMILES string of the molecule is CO[Si](C)(/C(=C(\c1ccccc1)[Si](C)(C)C)c1ccccc1)[Si](C)(C)C. The van der Waals surface area contributed by atoms with E-state index in [1.165, 1.54) is 16.3 Å². The van der Waals surface area contributed by atoms with Crippen molar-refractivity contribution >= 4 is 33.9 Å². The molecule has 0 radical (unpaired) electrons. The van der Waals surface area contributed by atoms with Crippen LogP contribution < -0.4 is 0 Å². The van der Waals surface area contributed by atoms with Crippen LogP contribution in [0, 0.1) is 0 Å². The predicted octanol–water partition coefficient (Wildman–Crippen LogP) is 6.65. The van der Waals surface area contributed by atoms with Gasteiger partial charge in [-0.1, -0.05) is 105 Å². The molecule has 2 aromatic carbocycles. The van der Waals surface area contributed by atoms with Crippen LogP contribution in [0.1, 0.15) is 11.1 Å². The highest BCUT2D eigenvalue weighted by Crippen LogP contribution is 2.42. The van der Waals surface area contributed by atoms with Gasteiger partial charge in [0.05, 0.1) is 15.7 Å². The van der Waals surface area contributed by atoms with Crippen LogP contribution in [0.5, 0.6) is 0 Å². The Balaban J connectivity index is 2.99. The molecule has 0 heterocycles. The smallest absolute Gasteiger partial charge is 0.206 e. The van der Waals surface area contributed by atoms with E-state index in [-0.39, 0.29) is 0 Å². The monoisotopic (exact) mass is 398 g/mol. The van der Waals surface area contributed by atoms with Gasteiger partial charge >= 0.3 is 0 Å². The fourth-order valence-electron chi connectivity index (χ4n) is 3.60. The molecule has 0 spiro atoms. The molecule has 2 rings (SSSR count). The highest BCUT2D eigenvalue weighted by molar-refractivity contribution is 7.45. The molecule has 0 fully saturated rings. The fourth-order valence-corrected chi connectivity index (χ4v) is 15.5. The first-order chi connectivity index (χ1) is 12.0. The minimum Gasteiger partial charge on any atom is -0.418 e. The third-order valence-electron chi connectivity index (χ3n) is 5.44. The van der Waals surface area contributed by atoms with Gasteiger partial charge in [0, 0.05) is 7.11 Å². The molecule has 2 aromatic rings. The summed E-state index contributed by atoms with van der Waals surface area (Å²) >= 11 is 0. The van der Waals surface area contributed by atoms with Crippen molar-refractivity contribution in [3.8, 4) is 0 Å². The van der Waals surface area contributed by atoms with Crippen LogP contribution in [0.15, 0.2) is 60.7 Å². The molecule has 0 N–H and O–H groups in total. The Bertz CT molecular complexity index is 755. The maximum atomic E-state index is 6.48. The summed E-state index contributed by atoms with van der Waals surface area (Å²) in [5.74, 6) is 0. The number of hydrogen-bond acceptors (Lipinski definition) is 1. The largest absolute Gasteiger partial charge is 0.418 e. The van der Waals surface area contributed by atoms with E-state index in [4.69, 9.17) is 4.43 Å². The minimum absolute atomic E-state index is 1.35. The molecule has 0 aliphatic rings. The lowest BCUT2D eigenvalue weighted by Gasteiger charge is -2.42. The molecule has 0 bridgehead atoms. The average Bonchev–Trinajstić information content (AvgIpc) is 2.58. The molecule has 0 saturated carbocycles. The van der Waals surface area contributed by atoms with Crippen molar-refractivity contribution in [1.82, 2.24) is 0 Å². The Hall–Kier alpha value is -1.21. The Kier molecular flexibility index (Phi) is 6.33. The summed E-state index contributed by atoms with van der Waals surface area (Å²) in [5, 5.41) is 3.10. The molecule has 1 atom stereocenters. The van der Waals surface area contributed by atoms with Gasteiger partial charge in [0.25, 0.3) is 0 Å². The zero-order valence-corrected chi connectivity index (χ0v) is 20.7. The van der Waals surface area contributed by atoms with Gasteiger partial charge in [-0.25, -0.2) is 0 Å². The van der Waals surface area contributed by atoms with Gasteiger partial charge in [-0.3, -0.25) is 0 Å². The second-order valence-corrected chi connectivity index (χ2v) is 29.1. The summed E-state index contributed by atoms with van der Waals surface area (Å²) in [4.78, 5) is 0. The van der Waals surface area contributed by atoms with Crippen molar-refractivity contribution in [2.75, 3.05) is 7.11 Å². The van der Waals surface area contributed by atoms with Crippen LogP contribution in [0.25, 0.3) is 10.4 Å². The highest BCUT2D eigenvalue weighted by Gasteiger charge is 2.48. The van der Waals surface area contributed by atoms with E-state index in [2.05, 4.69) is 106 Å². The molecule has 1 unspecified atom stereocenters. The maximum absolute atomic E-state index is 6.48. The van der Waals surface area contributed by atoms with E-state index >= 15 is 0 Å². The van der Waals surface area contributed by atoms with Crippen LogP contribution in [0.4, 0.5) is 0 Å². The van der Waals surface area contributed by atoms with Crippen LogP contribution in [-0.2, 0) is 4.43 Å². The molecular formula is C22H34OSi3. The molecule has 0 aliphatic heterocycles. The van der Waals surface area contributed by atoms with Gasteiger partial charge in [0.1, 0.15) is 0 Å². The molecule has 0 amide bonds. The number of benzene rings is 2. The van der Waals surface area contributed by atoms with Gasteiger partial charge in [-0.15, -0.1) is 0 Å². The first kappa shape index (κ1) is 21.1. The van der Waals surface area contributed by atoms with Crippen LogP contribution in [0.3, 0.4) is 0 Å². The van der Waals surface area contributed by atoms with Crippen molar-refractivity contribution in [1.29, 1.82) is 0 Å². The summed E-state index contributed by atoms with van der Waals surface area (Å²) in [6.07, 6.45) is 0. The van der Waals surface area contributed by atoms with Gasteiger partial charge in [0.15, 0.2) is 0 Å². The molecule has 0 saturated heterocycles. The second-order valence-electron chi connectivity index (χ2n) is 9.22. The van der Waals surface area contributed by atoms with Crippen molar-refractivity contribution in [2.45, 2.75) is 45.8 Å². The Morgan fingerprint density at radius 2 is 1.00 bits per heavy atom. The van der Waals surface area contributed by atoms with Crippen molar-refractivity contribution in [3.63, 3.8) is 0 Å². The summed E-state index contributed by atoms with van der Waals surface area (Å²) < 4.78 is 6.48. The standard InChI is InChI=1S/C22H34OSi3/c1-23-26(8,25(5,6)7)22(20-17-13-10-14-18-20)21(24(2,3)4)19-15-11-9-12-16-19/h9-18H,1-8H3/b22-21+. The Labute approximate surface area is 163 Å². The first-order valence-corrected chi connectivity index (χ1v) is 19.8. The van der Waals surface area contributed by atoms with Gasteiger partial charge in [-0.05, 0) is 22.9 Å². The molecule has 26 heavy (non-hydrogen) atoms. The van der Waals surface area contributed by atoms with Crippen molar-refractivity contribution in [3.05, 3.63) is 71.8 Å². The number of hydrogen-bond donors (Lipinski definition) is 0. The zero-order valence-electron chi connectivity index (χ0n) is 17.7. The lowest BCUT2D eigenvalue weighted by Crippen LogP contribution is -2.58. The average molecular weight is 399 g/mol. The highest BCUT2D eigenvalue weighted by atomic mass is 29.3. The number of rotatable bonds is 6. The Morgan fingerprint density at radius 1 is 0.615 bits per heavy atom. The van der Waals surface area contributed by atoms with E-state index in [1.807, 2.05) is 7.11 Å². The summed E-state index contributed by atoms with van der Waals surface area (Å²) in [6, 6.07) is 22.0. The molecule has 1 nitrogen and oxygen atoms in total. The fraction of sp³-hybridized carbons (Fsp3) is 0.364. The summed E-state index contributed by atoms with van der Waals surface area (Å²) in [5.41, 5.74) is 2.73. The predicted molar refractivity (Wildman–Crippen MR) is 125 cm³/mol. The quantitative estimate of drug-likeness (QED) is 0.391. The topological polar surface area (TPSA) is 9.23 Å². The summed E-state index contributed by atoms with van der Waals surface area (Å²) in [7, 11) is -3.32. The van der Waals surface area contributed by atoms with E-state index in [9.17, 15) is 0 Å². The molecule has 4 heteroatoms. The van der Waals surface area contributed by atoms with Gasteiger partial charge < -0.3 is 4.43 Å². The Morgan fingerprint density at radius 3 is 1.31 bits per heavy atom. The first-order valence-electron chi connectivity index (χ1n) is 9.43. The van der Waals surface area contributed by atoms with Crippen LogP contribution in [-0.4, -0.2) is 30.6 Å². The van der Waals surface area contributed by atoms with E-state index < -0.39 is 23.5 Å². The molecule has 140 valence electrons. The molecular weight excluding hydrogens is 364 g/mol. The third kappa shape index (κ3) is 4.19. The lowest BCUT2D eigenvalue weighted by molar-refractivity contribution is 0.425.